The summed E-state index contributed by atoms with van der Waals surface area (Å²) in [5.41, 5.74) is 0.849. The fourth-order valence-electron chi connectivity index (χ4n) is 1.90. The van der Waals surface area contributed by atoms with E-state index in [0.29, 0.717) is 16.3 Å². The van der Waals surface area contributed by atoms with Crippen molar-refractivity contribution in [3.05, 3.63) is 62.2 Å². The molecule has 2 aromatic rings. The molecule has 0 unspecified atom stereocenters. The maximum Gasteiger partial charge on any atom is 0.337 e. The van der Waals surface area contributed by atoms with E-state index in [1.165, 1.54) is 11.0 Å². The average Bonchev–Trinajstić information content (AvgIpc) is 2.48. The maximum absolute atomic E-state index is 12.6. The molecule has 2 rings (SSSR count). The number of anilines is 1. The van der Waals surface area contributed by atoms with Crippen LogP contribution in [-0.2, 0) is 0 Å². The molecule has 6 heteroatoms. The number of rotatable bonds is 3. The van der Waals surface area contributed by atoms with Crippen LogP contribution in [0.2, 0.25) is 5.02 Å². The van der Waals surface area contributed by atoms with Gasteiger partial charge in [0.1, 0.15) is 0 Å². The van der Waals surface area contributed by atoms with Crippen LogP contribution in [0.5, 0.6) is 0 Å². The zero-order chi connectivity index (χ0) is 15.6. The van der Waals surface area contributed by atoms with E-state index < -0.39 is 5.97 Å². The number of carboxylic acid groups (broad SMARTS) is 1. The minimum Gasteiger partial charge on any atom is -0.478 e. The first-order valence-electron chi connectivity index (χ1n) is 5.97. The molecule has 0 saturated heterocycles. The van der Waals surface area contributed by atoms with Gasteiger partial charge in [-0.1, -0.05) is 23.7 Å². The van der Waals surface area contributed by atoms with Crippen molar-refractivity contribution in [1.82, 2.24) is 0 Å². The molecule has 4 nitrogen and oxygen atoms in total. The van der Waals surface area contributed by atoms with Gasteiger partial charge in [0, 0.05) is 15.6 Å². The Balaban J connectivity index is 2.45. The summed E-state index contributed by atoms with van der Waals surface area (Å²) in [4.78, 5) is 25.1. The molecule has 21 heavy (non-hydrogen) atoms. The molecule has 0 aliphatic rings. The van der Waals surface area contributed by atoms with Crippen molar-refractivity contribution >= 4 is 51.8 Å². The molecule has 2 aromatic carbocycles. The summed E-state index contributed by atoms with van der Waals surface area (Å²) in [6.07, 6.45) is 0. The zero-order valence-corrected chi connectivity index (χ0v) is 13.9. The topological polar surface area (TPSA) is 57.6 Å². The number of nitrogens with zero attached hydrogens (tertiary/aromatic N) is 1. The first kappa shape index (κ1) is 15.8. The summed E-state index contributed by atoms with van der Waals surface area (Å²) in [6.45, 7) is 0. The van der Waals surface area contributed by atoms with Gasteiger partial charge in [-0.2, -0.15) is 0 Å². The third-order valence-electron chi connectivity index (χ3n) is 2.96. The maximum atomic E-state index is 12.6. The summed E-state index contributed by atoms with van der Waals surface area (Å²) in [7, 11) is 1.54. The molecule has 0 heterocycles. The molecule has 0 aromatic heterocycles. The van der Waals surface area contributed by atoms with Gasteiger partial charge in [0.25, 0.3) is 5.91 Å². The van der Waals surface area contributed by atoms with Gasteiger partial charge >= 0.3 is 5.97 Å². The van der Waals surface area contributed by atoms with Gasteiger partial charge in [-0.25, -0.2) is 4.79 Å². The monoisotopic (exact) mass is 415 g/mol. The second-order valence-corrected chi connectivity index (χ2v) is 5.91. The lowest BCUT2D eigenvalue weighted by Crippen LogP contribution is -2.28. The minimum atomic E-state index is -1.08. The number of halogens is 2. The highest BCUT2D eigenvalue weighted by Gasteiger charge is 2.20. The minimum absolute atomic E-state index is 0.0744. The SMILES string of the molecule is CN(C(=O)c1cc(Cl)ccc1I)c1ccccc1C(=O)O. The normalized spacial score (nSPS) is 10.2. The van der Waals surface area contributed by atoms with Crippen molar-refractivity contribution in [2.24, 2.45) is 0 Å². The number of carbonyl (C=O) groups excluding carboxylic acids is 1. The average molecular weight is 416 g/mol. The van der Waals surface area contributed by atoms with E-state index in [1.807, 2.05) is 22.6 Å². The quantitative estimate of drug-likeness (QED) is 0.773. The molecular formula is C15H11ClINO3. The third kappa shape index (κ3) is 3.36. The first-order chi connectivity index (χ1) is 9.91. The Labute approximate surface area is 140 Å². The molecule has 0 radical (unpaired) electrons. The Bertz CT molecular complexity index is 718. The second-order valence-electron chi connectivity index (χ2n) is 4.31. The molecule has 0 fully saturated rings. The summed E-state index contributed by atoms with van der Waals surface area (Å²) in [5.74, 6) is -1.39. The van der Waals surface area contributed by atoms with Crippen molar-refractivity contribution in [1.29, 1.82) is 0 Å². The molecule has 0 atom stereocenters. The van der Waals surface area contributed by atoms with Crippen LogP contribution in [0.15, 0.2) is 42.5 Å². The van der Waals surface area contributed by atoms with E-state index in [2.05, 4.69) is 0 Å². The molecule has 1 N–H and O–H groups in total. The van der Waals surface area contributed by atoms with Crippen molar-refractivity contribution in [3.8, 4) is 0 Å². The lowest BCUT2D eigenvalue weighted by atomic mass is 10.1. The second kappa shape index (κ2) is 6.44. The van der Waals surface area contributed by atoms with Gasteiger partial charge < -0.3 is 10.0 Å². The van der Waals surface area contributed by atoms with E-state index in [-0.39, 0.29) is 11.5 Å². The molecule has 108 valence electrons. The number of amides is 1. The number of para-hydroxylation sites is 1. The van der Waals surface area contributed by atoms with Crippen LogP contribution in [0.4, 0.5) is 5.69 Å². The lowest BCUT2D eigenvalue weighted by molar-refractivity contribution is 0.0697. The van der Waals surface area contributed by atoms with Gasteiger partial charge in [0.2, 0.25) is 0 Å². The Hall–Kier alpha value is -1.60. The first-order valence-corrected chi connectivity index (χ1v) is 7.43. The number of hydrogen-bond acceptors (Lipinski definition) is 2. The van der Waals surface area contributed by atoms with Crippen LogP contribution < -0.4 is 4.90 Å². The molecule has 0 spiro atoms. The zero-order valence-electron chi connectivity index (χ0n) is 11.0. The number of carbonyl (C=O) groups is 2. The van der Waals surface area contributed by atoms with Crippen LogP contribution >= 0.6 is 34.2 Å². The van der Waals surface area contributed by atoms with E-state index in [9.17, 15) is 14.7 Å². The van der Waals surface area contributed by atoms with Gasteiger partial charge in [0.05, 0.1) is 16.8 Å². The predicted molar refractivity (Wildman–Crippen MR) is 90.3 cm³/mol. The van der Waals surface area contributed by atoms with Crippen LogP contribution in [-0.4, -0.2) is 24.0 Å². The van der Waals surface area contributed by atoms with Gasteiger partial charge in [0.15, 0.2) is 0 Å². The van der Waals surface area contributed by atoms with Gasteiger partial charge in [-0.05, 0) is 52.9 Å². The van der Waals surface area contributed by atoms with E-state index in [0.717, 1.165) is 3.57 Å². The summed E-state index contributed by atoms with van der Waals surface area (Å²) < 4.78 is 0.752. The van der Waals surface area contributed by atoms with Crippen molar-refractivity contribution < 1.29 is 14.7 Å². The Morgan fingerprint density at radius 1 is 1.14 bits per heavy atom. The summed E-state index contributed by atoms with van der Waals surface area (Å²) >= 11 is 7.97. The lowest BCUT2D eigenvalue weighted by Gasteiger charge is -2.20. The van der Waals surface area contributed by atoms with Crippen LogP contribution in [0.1, 0.15) is 20.7 Å². The fourth-order valence-corrected chi connectivity index (χ4v) is 2.64. The van der Waals surface area contributed by atoms with Crippen molar-refractivity contribution in [3.63, 3.8) is 0 Å². The summed E-state index contributed by atoms with van der Waals surface area (Å²) in [5, 5.41) is 9.66. The standard InChI is InChI=1S/C15H11ClINO3/c1-18(13-5-3-2-4-10(13)15(20)21)14(19)11-8-9(16)6-7-12(11)17/h2-8H,1H3,(H,20,21). The van der Waals surface area contributed by atoms with E-state index in [4.69, 9.17) is 11.6 Å². The molecular weight excluding hydrogens is 405 g/mol. The molecule has 1 amide bonds. The third-order valence-corrected chi connectivity index (χ3v) is 4.14. The van der Waals surface area contributed by atoms with Gasteiger partial charge in [-0.3, -0.25) is 4.79 Å². The van der Waals surface area contributed by atoms with Crippen LogP contribution in [0.3, 0.4) is 0 Å². The molecule has 0 aliphatic heterocycles. The molecule has 0 bridgehead atoms. The fraction of sp³-hybridized carbons (Fsp3) is 0.0667. The highest BCUT2D eigenvalue weighted by molar-refractivity contribution is 14.1. The summed E-state index contributed by atoms with van der Waals surface area (Å²) in [6, 6.07) is 11.4. The highest BCUT2D eigenvalue weighted by Crippen LogP contribution is 2.24. The number of aromatic carboxylic acids is 1. The Kier molecular flexibility index (Phi) is 4.84. The molecule has 0 aliphatic carbocycles. The number of hydrogen-bond donors (Lipinski definition) is 1. The van der Waals surface area contributed by atoms with Crippen molar-refractivity contribution in [2.45, 2.75) is 0 Å². The van der Waals surface area contributed by atoms with E-state index >= 15 is 0 Å². The number of carboxylic acids is 1. The predicted octanol–water partition coefficient (Wildman–Crippen LogP) is 3.92. The molecule has 0 saturated carbocycles. The van der Waals surface area contributed by atoms with Gasteiger partial charge in [-0.15, -0.1) is 0 Å². The van der Waals surface area contributed by atoms with Crippen LogP contribution in [0, 0.1) is 3.57 Å². The Morgan fingerprint density at radius 3 is 2.48 bits per heavy atom. The largest absolute Gasteiger partial charge is 0.478 e. The smallest absolute Gasteiger partial charge is 0.337 e. The number of benzene rings is 2. The Morgan fingerprint density at radius 2 is 1.81 bits per heavy atom. The van der Waals surface area contributed by atoms with Crippen molar-refractivity contribution in [2.75, 3.05) is 11.9 Å². The van der Waals surface area contributed by atoms with Crippen LogP contribution in [0.25, 0.3) is 0 Å². The highest BCUT2D eigenvalue weighted by atomic mass is 127. The van der Waals surface area contributed by atoms with E-state index in [1.54, 1.807) is 43.4 Å².